The molecule has 0 aromatic heterocycles. The largest absolute Gasteiger partial charge is 0.416 e. The fourth-order valence-corrected chi connectivity index (χ4v) is 5.36. The topological polar surface area (TPSA) is 26.8 Å². The van der Waals surface area contributed by atoms with Crippen LogP contribution in [-0.4, -0.2) is 65.9 Å². The number of hydrogen-bond donors (Lipinski definition) is 0. The van der Waals surface area contributed by atoms with Gasteiger partial charge in [-0.3, -0.25) is 14.6 Å². The summed E-state index contributed by atoms with van der Waals surface area (Å²) in [7, 11) is 0. The van der Waals surface area contributed by atoms with Crippen LogP contribution in [0.25, 0.3) is 0 Å². The molecule has 4 nitrogen and oxygen atoms in total. The van der Waals surface area contributed by atoms with Gasteiger partial charge in [0.05, 0.1) is 12.1 Å². The van der Waals surface area contributed by atoms with Gasteiger partial charge in [-0.05, 0) is 67.1 Å². The fourth-order valence-electron chi connectivity index (χ4n) is 5.36. The van der Waals surface area contributed by atoms with Gasteiger partial charge in [0.1, 0.15) is 0 Å². The van der Waals surface area contributed by atoms with Gasteiger partial charge < -0.3 is 4.90 Å². The lowest BCUT2D eigenvalue weighted by Crippen LogP contribution is -2.55. The molecule has 0 N–H and O–H groups in total. The quantitative estimate of drug-likeness (QED) is 0.536. The van der Waals surface area contributed by atoms with Crippen molar-refractivity contribution in [2.75, 3.05) is 39.3 Å². The average Bonchev–Trinajstić information content (AvgIpc) is 2.85. The Kier molecular flexibility index (Phi) is 8.17. The number of alkyl halides is 3. The number of benzene rings is 2. The highest BCUT2D eigenvalue weighted by molar-refractivity contribution is 5.79. The molecule has 0 spiro atoms. The monoisotopic (exact) mass is 487 g/mol. The van der Waals surface area contributed by atoms with E-state index in [0.29, 0.717) is 31.6 Å². The van der Waals surface area contributed by atoms with Crippen molar-refractivity contribution in [2.45, 2.75) is 58.3 Å². The highest BCUT2D eigenvalue weighted by atomic mass is 19.4. The number of aryl methyl sites for hydroxylation is 1. The molecule has 2 aromatic carbocycles. The van der Waals surface area contributed by atoms with Crippen molar-refractivity contribution >= 4 is 5.91 Å². The third-order valence-electron chi connectivity index (χ3n) is 7.52. The van der Waals surface area contributed by atoms with Crippen LogP contribution < -0.4 is 0 Å². The molecule has 1 aliphatic carbocycles. The van der Waals surface area contributed by atoms with Crippen molar-refractivity contribution in [1.29, 1.82) is 0 Å². The zero-order valence-electron chi connectivity index (χ0n) is 20.8. The zero-order chi connectivity index (χ0) is 25.0. The first kappa shape index (κ1) is 25.7. The summed E-state index contributed by atoms with van der Waals surface area (Å²) in [4.78, 5) is 19.5. The van der Waals surface area contributed by atoms with Crippen LogP contribution in [0, 0.1) is 0 Å². The van der Waals surface area contributed by atoms with Crippen molar-refractivity contribution < 1.29 is 18.0 Å². The van der Waals surface area contributed by atoms with E-state index >= 15 is 0 Å². The lowest BCUT2D eigenvalue weighted by molar-refractivity contribution is -0.139. The minimum atomic E-state index is -4.33. The molecule has 1 atom stereocenters. The average molecular weight is 488 g/mol. The van der Waals surface area contributed by atoms with Gasteiger partial charge in [-0.25, -0.2) is 0 Å². The minimum absolute atomic E-state index is 0.131. The molecule has 35 heavy (non-hydrogen) atoms. The predicted octanol–water partition coefficient (Wildman–Crippen LogP) is 4.79. The molecule has 2 aliphatic rings. The molecule has 0 saturated carbocycles. The molecule has 190 valence electrons. The number of fused-ring (bicyclic) bond motifs is 1. The first-order valence-electron chi connectivity index (χ1n) is 12.8. The lowest BCUT2D eigenvalue weighted by Gasteiger charge is -2.41. The van der Waals surface area contributed by atoms with E-state index in [4.69, 9.17) is 0 Å². The van der Waals surface area contributed by atoms with E-state index in [1.807, 2.05) is 4.90 Å². The van der Waals surface area contributed by atoms with E-state index in [1.165, 1.54) is 28.8 Å². The molecule has 0 radical (unpaired) electrons. The van der Waals surface area contributed by atoms with Crippen LogP contribution in [0.1, 0.15) is 48.1 Å². The number of rotatable bonds is 8. The Hall–Kier alpha value is -2.38. The van der Waals surface area contributed by atoms with Crippen molar-refractivity contribution in [1.82, 2.24) is 14.7 Å². The molecule has 1 saturated heterocycles. The summed E-state index contributed by atoms with van der Waals surface area (Å²) in [5, 5.41) is 0. The number of hydrogen-bond acceptors (Lipinski definition) is 3. The lowest BCUT2D eigenvalue weighted by atomic mass is 9.86. The number of nitrogens with zero attached hydrogens (tertiary/aromatic N) is 3. The second-order valence-corrected chi connectivity index (χ2v) is 9.77. The first-order valence-corrected chi connectivity index (χ1v) is 12.8. The summed E-state index contributed by atoms with van der Waals surface area (Å²) in [6, 6.07) is 12.5. The van der Waals surface area contributed by atoms with Crippen LogP contribution in [0.4, 0.5) is 13.2 Å². The third-order valence-corrected chi connectivity index (χ3v) is 7.52. The van der Waals surface area contributed by atoms with Gasteiger partial charge in [-0.1, -0.05) is 50.2 Å². The summed E-state index contributed by atoms with van der Waals surface area (Å²) in [6.45, 7) is 9.81. The van der Waals surface area contributed by atoms with E-state index in [2.05, 4.69) is 41.8 Å². The molecule has 1 aliphatic heterocycles. The number of amides is 1. The van der Waals surface area contributed by atoms with Crippen molar-refractivity contribution in [2.24, 2.45) is 0 Å². The van der Waals surface area contributed by atoms with Gasteiger partial charge in [0.2, 0.25) is 5.91 Å². The Morgan fingerprint density at radius 1 is 1.00 bits per heavy atom. The second kappa shape index (κ2) is 11.1. The molecule has 1 amide bonds. The summed E-state index contributed by atoms with van der Waals surface area (Å²) in [5.41, 5.74) is 4.16. The van der Waals surface area contributed by atoms with Crippen LogP contribution in [-0.2, 0) is 36.8 Å². The van der Waals surface area contributed by atoms with Gasteiger partial charge in [0.15, 0.2) is 0 Å². The molecule has 2 aromatic rings. The Labute approximate surface area is 206 Å². The molecule has 0 bridgehead atoms. The van der Waals surface area contributed by atoms with Crippen molar-refractivity contribution in [3.63, 3.8) is 0 Å². The maximum absolute atomic E-state index is 13.0. The Morgan fingerprint density at radius 3 is 2.51 bits per heavy atom. The van der Waals surface area contributed by atoms with Gasteiger partial charge in [-0.15, -0.1) is 0 Å². The third kappa shape index (κ3) is 6.44. The normalized spacial score (nSPS) is 19.3. The molecular weight excluding hydrogens is 451 g/mol. The van der Waals surface area contributed by atoms with Gasteiger partial charge >= 0.3 is 6.18 Å². The highest BCUT2D eigenvalue weighted by Gasteiger charge is 2.32. The summed E-state index contributed by atoms with van der Waals surface area (Å²) < 4.78 is 38.9. The van der Waals surface area contributed by atoms with Crippen LogP contribution >= 0.6 is 0 Å². The van der Waals surface area contributed by atoms with E-state index in [1.54, 1.807) is 6.07 Å². The zero-order valence-corrected chi connectivity index (χ0v) is 20.8. The van der Waals surface area contributed by atoms with E-state index in [0.717, 1.165) is 51.5 Å². The van der Waals surface area contributed by atoms with Crippen molar-refractivity contribution in [3.05, 3.63) is 70.3 Å². The summed E-state index contributed by atoms with van der Waals surface area (Å²) in [5.74, 6) is 0.131. The smallest absolute Gasteiger partial charge is 0.337 e. The Morgan fingerprint density at radius 2 is 1.80 bits per heavy atom. The standard InChI is InChI=1S/C28H36F3N3O/c1-3-32(4-2)19-22-8-9-24-18-26(11-10-23(24)16-22)34-15-14-33(20-27(34)35)13-12-21-6-5-7-25(17-21)28(29,30)31/h5-9,16-17,26H,3-4,10-15,18-20H2,1-2H3/t26-/m0/s1. The summed E-state index contributed by atoms with van der Waals surface area (Å²) >= 11 is 0. The van der Waals surface area contributed by atoms with E-state index in [9.17, 15) is 18.0 Å². The number of carbonyl (C=O) groups is 1. The number of halogens is 3. The van der Waals surface area contributed by atoms with E-state index < -0.39 is 11.7 Å². The van der Waals surface area contributed by atoms with Crippen LogP contribution in [0.15, 0.2) is 42.5 Å². The molecule has 1 heterocycles. The van der Waals surface area contributed by atoms with Crippen molar-refractivity contribution in [3.8, 4) is 0 Å². The molecule has 0 unspecified atom stereocenters. The van der Waals surface area contributed by atoms with Gasteiger partial charge in [-0.2, -0.15) is 13.2 Å². The second-order valence-electron chi connectivity index (χ2n) is 9.77. The van der Waals surface area contributed by atoms with Gasteiger partial charge in [0.25, 0.3) is 0 Å². The fraction of sp³-hybridized carbons (Fsp3) is 0.536. The SMILES string of the molecule is CCN(CC)Cc1ccc2c(c1)CC[C@H](N1CCN(CCc3cccc(C(F)(F)F)c3)CC1=O)C2. The molecule has 4 rings (SSSR count). The first-order chi connectivity index (χ1) is 16.8. The van der Waals surface area contributed by atoms with Crippen LogP contribution in [0.2, 0.25) is 0 Å². The van der Waals surface area contributed by atoms with Gasteiger partial charge in [0, 0.05) is 32.2 Å². The maximum atomic E-state index is 13.0. The Bertz CT molecular complexity index is 1020. The number of piperazine rings is 1. The maximum Gasteiger partial charge on any atom is 0.416 e. The van der Waals surface area contributed by atoms with Crippen LogP contribution in [0.5, 0.6) is 0 Å². The van der Waals surface area contributed by atoms with Crippen LogP contribution in [0.3, 0.4) is 0 Å². The molecule has 1 fully saturated rings. The van der Waals surface area contributed by atoms with E-state index in [-0.39, 0.29) is 11.9 Å². The Balaban J connectivity index is 1.30. The minimum Gasteiger partial charge on any atom is -0.337 e. The predicted molar refractivity (Wildman–Crippen MR) is 132 cm³/mol. The molecule has 7 heteroatoms. The summed E-state index contributed by atoms with van der Waals surface area (Å²) in [6.07, 6.45) is -0.948. The number of carbonyl (C=O) groups excluding carboxylic acids is 1. The molecular formula is C28H36F3N3O. The highest BCUT2D eigenvalue weighted by Crippen LogP contribution is 2.30.